The van der Waals surface area contributed by atoms with Gasteiger partial charge in [-0.1, -0.05) is 0 Å². The predicted octanol–water partition coefficient (Wildman–Crippen LogP) is 0.980. The molecule has 1 fully saturated rings. The number of aryl methyl sites for hydroxylation is 1. The standard InChI is InChI=1S/C15H21N3O3/c1-3-21-15(20)14-11-7-9(8-12(11)18(2)17-14)6-10-4-5-13(19)16-10/h9-10H,3-8H2,1-2H3,(H,16,19)/t9?,10-/m1/s1. The number of nitrogens with one attached hydrogen (secondary N) is 1. The van der Waals surface area contributed by atoms with Crippen molar-refractivity contribution >= 4 is 11.9 Å². The van der Waals surface area contributed by atoms with Crippen LogP contribution in [0.3, 0.4) is 0 Å². The monoisotopic (exact) mass is 291 g/mol. The van der Waals surface area contributed by atoms with Crippen LogP contribution in [0.4, 0.5) is 0 Å². The summed E-state index contributed by atoms with van der Waals surface area (Å²) in [5.74, 6) is 0.300. The van der Waals surface area contributed by atoms with Crippen LogP contribution >= 0.6 is 0 Å². The Labute approximate surface area is 123 Å². The molecule has 1 aromatic heterocycles. The van der Waals surface area contributed by atoms with E-state index in [9.17, 15) is 9.59 Å². The van der Waals surface area contributed by atoms with Gasteiger partial charge in [0.1, 0.15) is 0 Å². The van der Waals surface area contributed by atoms with E-state index in [1.165, 1.54) is 0 Å². The molecular formula is C15H21N3O3. The Morgan fingerprint density at radius 1 is 1.48 bits per heavy atom. The molecule has 0 spiro atoms. The van der Waals surface area contributed by atoms with Crippen molar-refractivity contribution in [2.75, 3.05) is 6.61 Å². The molecule has 0 bridgehead atoms. The molecule has 114 valence electrons. The van der Waals surface area contributed by atoms with Gasteiger partial charge in [0.2, 0.25) is 5.91 Å². The zero-order chi connectivity index (χ0) is 15.0. The number of amides is 1. The summed E-state index contributed by atoms with van der Waals surface area (Å²) in [6, 6.07) is 0.288. The van der Waals surface area contributed by atoms with Crippen LogP contribution < -0.4 is 5.32 Å². The van der Waals surface area contributed by atoms with Crippen molar-refractivity contribution in [2.24, 2.45) is 13.0 Å². The van der Waals surface area contributed by atoms with E-state index in [2.05, 4.69) is 10.4 Å². The van der Waals surface area contributed by atoms with Gasteiger partial charge in [-0.05, 0) is 38.5 Å². The van der Waals surface area contributed by atoms with Gasteiger partial charge in [0.15, 0.2) is 5.69 Å². The maximum absolute atomic E-state index is 12.0. The lowest BCUT2D eigenvalue weighted by Crippen LogP contribution is -2.28. The van der Waals surface area contributed by atoms with Crippen LogP contribution in [-0.4, -0.2) is 34.3 Å². The Balaban J connectivity index is 1.70. The van der Waals surface area contributed by atoms with E-state index < -0.39 is 0 Å². The summed E-state index contributed by atoms with van der Waals surface area (Å²) in [5.41, 5.74) is 2.63. The highest BCUT2D eigenvalue weighted by atomic mass is 16.5. The highest BCUT2D eigenvalue weighted by Crippen LogP contribution is 2.33. The predicted molar refractivity (Wildman–Crippen MR) is 75.8 cm³/mol. The summed E-state index contributed by atoms with van der Waals surface area (Å²) >= 11 is 0. The highest BCUT2D eigenvalue weighted by Gasteiger charge is 2.34. The number of carbonyl (C=O) groups excluding carboxylic acids is 2. The second-order valence-corrected chi connectivity index (χ2v) is 5.93. The van der Waals surface area contributed by atoms with Crippen LogP contribution in [-0.2, 0) is 29.4 Å². The average Bonchev–Trinajstić information content (AvgIpc) is 3.09. The SMILES string of the molecule is CCOC(=O)c1nn(C)c2c1CC(C[C@H]1CCC(=O)N1)C2. The largest absolute Gasteiger partial charge is 0.461 e. The first-order valence-corrected chi connectivity index (χ1v) is 7.59. The van der Waals surface area contributed by atoms with E-state index in [4.69, 9.17) is 4.74 Å². The second kappa shape index (κ2) is 5.50. The minimum atomic E-state index is -0.329. The fourth-order valence-electron chi connectivity index (χ4n) is 3.49. The summed E-state index contributed by atoms with van der Waals surface area (Å²) in [6.45, 7) is 2.16. The lowest BCUT2D eigenvalue weighted by Gasteiger charge is -2.15. The third-order valence-corrected chi connectivity index (χ3v) is 4.42. The lowest BCUT2D eigenvalue weighted by molar-refractivity contribution is -0.119. The minimum Gasteiger partial charge on any atom is -0.461 e. The number of hydrogen-bond acceptors (Lipinski definition) is 4. The topological polar surface area (TPSA) is 73.2 Å². The van der Waals surface area contributed by atoms with E-state index in [-0.39, 0.29) is 17.9 Å². The molecule has 6 heteroatoms. The Morgan fingerprint density at radius 3 is 2.95 bits per heavy atom. The molecule has 2 heterocycles. The van der Waals surface area contributed by atoms with E-state index in [1.54, 1.807) is 11.6 Å². The normalized spacial score (nSPS) is 24.0. The quantitative estimate of drug-likeness (QED) is 0.839. The average molecular weight is 291 g/mol. The molecule has 1 unspecified atom stereocenters. The molecule has 0 radical (unpaired) electrons. The lowest BCUT2D eigenvalue weighted by atomic mass is 9.96. The number of nitrogens with zero attached hydrogens (tertiary/aromatic N) is 2. The molecule has 1 aromatic rings. The number of esters is 1. The van der Waals surface area contributed by atoms with Crippen LogP contribution in [0.2, 0.25) is 0 Å². The third-order valence-electron chi connectivity index (χ3n) is 4.42. The first-order chi connectivity index (χ1) is 10.1. The molecule has 1 N–H and O–H groups in total. The van der Waals surface area contributed by atoms with Crippen LogP contribution in [0.15, 0.2) is 0 Å². The fraction of sp³-hybridized carbons (Fsp3) is 0.667. The van der Waals surface area contributed by atoms with Gasteiger partial charge in [0.05, 0.1) is 6.61 Å². The van der Waals surface area contributed by atoms with Crippen LogP contribution in [0.5, 0.6) is 0 Å². The Morgan fingerprint density at radius 2 is 2.29 bits per heavy atom. The molecule has 1 aliphatic heterocycles. The molecular weight excluding hydrogens is 270 g/mol. The summed E-state index contributed by atoms with van der Waals surface area (Å²) in [6.07, 6.45) is 4.31. The zero-order valence-corrected chi connectivity index (χ0v) is 12.5. The molecule has 1 aliphatic carbocycles. The van der Waals surface area contributed by atoms with E-state index in [1.807, 2.05) is 7.05 Å². The van der Waals surface area contributed by atoms with Crippen LogP contribution in [0, 0.1) is 5.92 Å². The number of rotatable bonds is 4. The Hall–Kier alpha value is -1.85. The molecule has 6 nitrogen and oxygen atoms in total. The fourth-order valence-corrected chi connectivity index (χ4v) is 3.49. The molecule has 2 aliphatic rings. The van der Waals surface area contributed by atoms with Gasteiger partial charge < -0.3 is 10.1 Å². The first-order valence-electron chi connectivity index (χ1n) is 7.59. The zero-order valence-electron chi connectivity index (χ0n) is 12.5. The maximum atomic E-state index is 12.0. The van der Waals surface area contributed by atoms with Crippen molar-refractivity contribution in [3.63, 3.8) is 0 Å². The van der Waals surface area contributed by atoms with Gasteiger partial charge in [0, 0.05) is 30.8 Å². The van der Waals surface area contributed by atoms with E-state index >= 15 is 0 Å². The highest BCUT2D eigenvalue weighted by molar-refractivity contribution is 5.89. The van der Waals surface area contributed by atoms with Crippen LogP contribution in [0.25, 0.3) is 0 Å². The van der Waals surface area contributed by atoms with Crippen molar-refractivity contribution in [1.82, 2.24) is 15.1 Å². The maximum Gasteiger partial charge on any atom is 0.359 e. The number of carbonyl (C=O) groups is 2. The Kier molecular flexibility index (Phi) is 3.69. The number of hydrogen-bond donors (Lipinski definition) is 1. The molecule has 0 aromatic carbocycles. The summed E-state index contributed by atoms with van der Waals surface area (Å²) in [4.78, 5) is 23.2. The van der Waals surface area contributed by atoms with Crippen molar-refractivity contribution in [3.05, 3.63) is 17.0 Å². The van der Waals surface area contributed by atoms with Gasteiger partial charge >= 0.3 is 5.97 Å². The molecule has 1 amide bonds. The number of fused-ring (bicyclic) bond motifs is 1. The second-order valence-electron chi connectivity index (χ2n) is 5.93. The van der Waals surface area contributed by atoms with E-state index in [0.717, 1.165) is 36.9 Å². The van der Waals surface area contributed by atoms with Gasteiger partial charge in [0.25, 0.3) is 0 Å². The molecule has 0 saturated carbocycles. The van der Waals surface area contributed by atoms with Crippen molar-refractivity contribution in [2.45, 2.75) is 45.1 Å². The van der Waals surface area contributed by atoms with Gasteiger partial charge in [-0.2, -0.15) is 5.10 Å². The third kappa shape index (κ3) is 2.66. The summed E-state index contributed by atoms with van der Waals surface area (Å²) < 4.78 is 6.88. The van der Waals surface area contributed by atoms with Crippen molar-refractivity contribution < 1.29 is 14.3 Å². The minimum absolute atomic E-state index is 0.157. The number of aromatic nitrogens is 2. The van der Waals surface area contributed by atoms with Gasteiger partial charge in [-0.15, -0.1) is 0 Å². The van der Waals surface area contributed by atoms with Gasteiger partial charge in [-0.3, -0.25) is 9.48 Å². The summed E-state index contributed by atoms with van der Waals surface area (Å²) in [7, 11) is 1.88. The molecule has 2 atom stereocenters. The van der Waals surface area contributed by atoms with Gasteiger partial charge in [-0.25, -0.2) is 4.79 Å². The molecule has 1 saturated heterocycles. The van der Waals surface area contributed by atoms with Crippen LogP contribution in [0.1, 0.15) is 47.9 Å². The molecule has 21 heavy (non-hydrogen) atoms. The van der Waals surface area contributed by atoms with Crippen molar-refractivity contribution in [3.8, 4) is 0 Å². The smallest absolute Gasteiger partial charge is 0.359 e. The number of ether oxygens (including phenoxy) is 1. The summed E-state index contributed by atoms with van der Waals surface area (Å²) in [5, 5.41) is 7.32. The first kappa shape index (κ1) is 14.1. The Bertz CT molecular complexity index is 579. The molecule has 3 rings (SSSR count). The van der Waals surface area contributed by atoms with Crippen molar-refractivity contribution in [1.29, 1.82) is 0 Å². The van der Waals surface area contributed by atoms with E-state index in [0.29, 0.717) is 24.6 Å².